The summed E-state index contributed by atoms with van der Waals surface area (Å²) in [7, 11) is 0. The molecule has 88 valence electrons. The molecule has 0 aliphatic carbocycles. The molecular formula is C9H15N5O2. The highest BCUT2D eigenvalue weighted by Gasteiger charge is 2.17. The molecule has 0 spiro atoms. The molecule has 0 unspecified atom stereocenters. The summed E-state index contributed by atoms with van der Waals surface area (Å²) in [5.74, 6) is 0.631. The Morgan fingerprint density at radius 2 is 2.50 bits per heavy atom. The van der Waals surface area contributed by atoms with Gasteiger partial charge in [-0.1, -0.05) is 5.16 Å². The molecule has 2 N–H and O–H groups in total. The fraction of sp³-hybridized carbons (Fsp3) is 0.667. The van der Waals surface area contributed by atoms with E-state index in [0.29, 0.717) is 12.3 Å². The molecule has 7 nitrogen and oxygen atoms in total. The maximum Gasteiger partial charge on any atom is 0.317 e. The van der Waals surface area contributed by atoms with Crippen molar-refractivity contribution in [2.24, 2.45) is 0 Å². The quantitative estimate of drug-likeness (QED) is 0.621. The van der Waals surface area contributed by atoms with Gasteiger partial charge >= 0.3 is 6.03 Å². The highest BCUT2D eigenvalue weighted by molar-refractivity contribution is 5.76. The zero-order valence-electron chi connectivity index (χ0n) is 8.98. The second-order valence-corrected chi connectivity index (χ2v) is 3.55. The SMILES string of the molecule is O=C1NCCN1CCNCCc1ncno1. The molecule has 7 heteroatoms. The number of hydrogen-bond acceptors (Lipinski definition) is 5. The van der Waals surface area contributed by atoms with Gasteiger partial charge in [0.05, 0.1) is 0 Å². The van der Waals surface area contributed by atoms with Crippen LogP contribution in [0.3, 0.4) is 0 Å². The Labute approximate surface area is 93.2 Å². The molecule has 0 aromatic carbocycles. The number of carbonyl (C=O) groups is 1. The van der Waals surface area contributed by atoms with Gasteiger partial charge < -0.3 is 20.1 Å². The van der Waals surface area contributed by atoms with E-state index in [0.717, 1.165) is 32.7 Å². The molecular weight excluding hydrogens is 210 g/mol. The third-order valence-electron chi connectivity index (χ3n) is 2.43. The molecule has 0 radical (unpaired) electrons. The molecule has 1 saturated heterocycles. The predicted molar refractivity (Wildman–Crippen MR) is 55.8 cm³/mol. The minimum absolute atomic E-state index is 0.0266. The van der Waals surface area contributed by atoms with Gasteiger partial charge in [0.1, 0.15) is 0 Å². The highest BCUT2D eigenvalue weighted by atomic mass is 16.5. The summed E-state index contributed by atoms with van der Waals surface area (Å²) in [6, 6.07) is 0.0266. The summed E-state index contributed by atoms with van der Waals surface area (Å²) in [6.45, 7) is 3.83. The number of carbonyl (C=O) groups excluding carboxylic acids is 1. The molecule has 2 heterocycles. The van der Waals surface area contributed by atoms with Crippen molar-refractivity contribution in [3.05, 3.63) is 12.2 Å². The summed E-state index contributed by atoms with van der Waals surface area (Å²) in [4.78, 5) is 16.9. The topological polar surface area (TPSA) is 83.3 Å². The van der Waals surface area contributed by atoms with Crippen LogP contribution in [0.5, 0.6) is 0 Å². The molecule has 1 aliphatic rings. The van der Waals surface area contributed by atoms with Crippen LogP contribution in [0.1, 0.15) is 5.89 Å². The number of hydrogen-bond donors (Lipinski definition) is 2. The average molecular weight is 225 g/mol. The molecule has 2 amide bonds. The van der Waals surface area contributed by atoms with Crippen LogP contribution in [-0.2, 0) is 6.42 Å². The third-order valence-corrected chi connectivity index (χ3v) is 2.43. The van der Waals surface area contributed by atoms with Crippen molar-refractivity contribution in [1.29, 1.82) is 0 Å². The van der Waals surface area contributed by atoms with E-state index < -0.39 is 0 Å². The van der Waals surface area contributed by atoms with E-state index in [2.05, 4.69) is 20.8 Å². The number of rotatable bonds is 6. The Hall–Kier alpha value is -1.63. The Morgan fingerprint density at radius 3 is 3.19 bits per heavy atom. The summed E-state index contributed by atoms with van der Waals surface area (Å²) >= 11 is 0. The van der Waals surface area contributed by atoms with Crippen molar-refractivity contribution >= 4 is 6.03 Å². The number of nitrogens with zero attached hydrogens (tertiary/aromatic N) is 3. The second kappa shape index (κ2) is 5.45. The van der Waals surface area contributed by atoms with Crippen molar-refractivity contribution in [2.75, 3.05) is 32.7 Å². The number of amides is 2. The minimum Gasteiger partial charge on any atom is -0.340 e. The lowest BCUT2D eigenvalue weighted by Gasteiger charge is -2.13. The Morgan fingerprint density at radius 1 is 1.56 bits per heavy atom. The molecule has 16 heavy (non-hydrogen) atoms. The summed E-state index contributed by atoms with van der Waals surface area (Å²) in [5, 5.41) is 9.50. The van der Waals surface area contributed by atoms with Gasteiger partial charge in [-0.3, -0.25) is 0 Å². The monoisotopic (exact) mass is 225 g/mol. The smallest absolute Gasteiger partial charge is 0.317 e. The van der Waals surface area contributed by atoms with Crippen LogP contribution in [0.2, 0.25) is 0 Å². The van der Waals surface area contributed by atoms with Crippen molar-refractivity contribution in [1.82, 2.24) is 25.7 Å². The molecule has 1 aromatic heterocycles. The highest BCUT2D eigenvalue weighted by Crippen LogP contribution is 1.94. The van der Waals surface area contributed by atoms with Gasteiger partial charge in [0.15, 0.2) is 6.33 Å². The maximum atomic E-state index is 11.2. The van der Waals surface area contributed by atoms with Crippen LogP contribution in [-0.4, -0.2) is 53.8 Å². The van der Waals surface area contributed by atoms with Crippen molar-refractivity contribution in [3.8, 4) is 0 Å². The number of nitrogens with one attached hydrogen (secondary N) is 2. The van der Waals surface area contributed by atoms with E-state index in [1.165, 1.54) is 6.33 Å². The van der Waals surface area contributed by atoms with Crippen molar-refractivity contribution in [3.63, 3.8) is 0 Å². The normalized spacial score (nSPS) is 15.5. The van der Waals surface area contributed by atoms with Crippen LogP contribution in [0.15, 0.2) is 10.9 Å². The van der Waals surface area contributed by atoms with Gasteiger partial charge in [0.2, 0.25) is 5.89 Å². The lowest BCUT2D eigenvalue weighted by molar-refractivity contribution is 0.217. The summed E-state index contributed by atoms with van der Waals surface area (Å²) < 4.78 is 4.85. The van der Waals surface area contributed by atoms with Gasteiger partial charge in [0, 0.05) is 39.1 Å². The van der Waals surface area contributed by atoms with Gasteiger partial charge in [0.25, 0.3) is 0 Å². The van der Waals surface area contributed by atoms with Crippen molar-refractivity contribution in [2.45, 2.75) is 6.42 Å². The van der Waals surface area contributed by atoms with Crippen molar-refractivity contribution < 1.29 is 9.32 Å². The number of aromatic nitrogens is 2. The third kappa shape index (κ3) is 2.93. The first-order valence-electron chi connectivity index (χ1n) is 5.35. The van der Waals surface area contributed by atoms with Gasteiger partial charge in [-0.25, -0.2) is 4.79 Å². The Balaban J connectivity index is 1.53. The molecule has 1 aromatic rings. The molecule has 0 atom stereocenters. The molecule has 1 fully saturated rings. The van der Waals surface area contributed by atoms with E-state index in [1.54, 1.807) is 4.90 Å². The average Bonchev–Trinajstić information content (AvgIpc) is 2.90. The lowest BCUT2D eigenvalue weighted by atomic mass is 10.4. The molecule has 0 bridgehead atoms. The van der Waals surface area contributed by atoms with E-state index in [1.807, 2.05) is 0 Å². The van der Waals surface area contributed by atoms with Crippen LogP contribution in [0.25, 0.3) is 0 Å². The van der Waals surface area contributed by atoms with E-state index >= 15 is 0 Å². The predicted octanol–water partition coefficient (Wildman–Crippen LogP) is -0.773. The maximum absolute atomic E-state index is 11.2. The Kier molecular flexibility index (Phi) is 3.71. The first kappa shape index (κ1) is 10.9. The van der Waals surface area contributed by atoms with E-state index in [-0.39, 0.29) is 6.03 Å². The standard InChI is InChI=1S/C9H15N5O2/c15-9-11-4-6-14(9)5-3-10-2-1-8-12-7-13-16-8/h7,10H,1-6H2,(H,11,15). The van der Waals surface area contributed by atoms with Crippen LogP contribution < -0.4 is 10.6 Å². The van der Waals surface area contributed by atoms with Gasteiger partial charge in [-0.15, -0.1) is 0 Å². The first-order chi connectivity index (χ1) is 7.86. The number of urea groups is 1. The minimum atomic E-state index is 0.0266. The van der Waals surface area contributed by atoms with E-state index in [9.17, 15) is 4.79 Å². The molecule has 0 saturated carbocycles. The van der Waals surface area contributed by atoms with Gasteiger partial charge in [-0.05, 0) is 0 Å². The first-order valence-corrected chi connectivity index (χ1v) is 5.35. The fourth-order valence-electron chi connectivity index (χ4n) is 1.56. The largest absolute Gasteiger partial charge is 0.340 e. The lowest BCUT2D eigenvalue weighted by Crippen LogP contribution is -2.35. The van der Waals surface area contributed by atoms with Crippen LogP contribution in [0, 0.1) is 0 Å². The van der Waals surface area contributed by atoms with Gasteiger partial charge in [-0.2, -0.15) is 4.98 Å². The van der Waals surface area contributed by atoms with Crippen LogP contribution >= 0.6 is 0 Å². The zero-order valence-corrected chi connectivity index (χ0v) is 8.98. The fourth-order valence-corrected chi connectivity index (χ4v) is 1.56. The Bertz CT molecular complexity index is 327. The summed E-state index contributed by atoms with van der Waals surface area (Å²) in [5.41, 5.74) is 0. The van der Waals surface area contributed by atoms with Crippen LogP contribution in [0.4, 0.5) is 4.79 Å². The summed E-state index contributed by atoms with van der Waals surface area (Å²) in [6.07, 6.45) is 2.11. The molecule has 1 aliphatic heterocycles. The second-order valence-electron chi connectivity index (χ2n) is 3.55. The van der Waals surface area contributed by atoms with E-state index in [4.69, 9.17) is 4.52 Å². The molecule has 2 rings (SSSR count). The zero-order chi connectivity index (χ0) is 11.2.